The summed E-state index contributed by atoms with van der Waals surface area (Å²) in [6.45, 7) is 3.88. The Bertz CT molecular complexity index is 456. The van der Waals surface area contributed by atoms with Crippen LogP contribution in [0.5, 0.6) is 0 Å². The first kappa shape index (κ1) is 15.3. The van der Waals surface area contributed by atoms with E-state index in [-0.39, 0.29) is 17.8 Å². The summed E-state index contributed by atoms with van der Waals surface area (Å²) in [5.41, 5.74) is 4.17. The smallest absolute Gasteiger partial charge is 0.399 e. The number of nitrogens with two attached hydrogens (primary N) is 1. The Morgan fingerprint density at radius 3 is 2.53 bits per heavy atom. The fourth-order valence-electron chi connectivity index (χ4n) is 1.54. The fourth-order valence-corrected chi connectivity index (χ4v) is 1.54. The molecule has 0 fully saturated rings. The molecule has 0 aliphatic heterocycles. The lowest BCUT2D eigenvalue weighted by molar-refractivity contribution is -0.136. The van der Waals surface area contributed by atoms with Crippen molar-refractivity contribution in [2.45, 2.75) is 32.9 Å². The number of halogens is 3. The number of anilines is 2. The lowest BCUT2D eigenvalue weighted by Crippen LogP contribution is -2.17. The van der Waals surface area contributed by atoms with E-state index in [1.807, 2.05) is 13.8 Å². The van der Waals surface area contributed by atoms with Crippen molar-refractivity contribution in [2.75, 3.05) is 11.1 Å². The van der Waals surface area contributed by atoms with Crippen LogP contribution in [0.15, 0.2) is 18.2 Å². The second-order valence-electron chi connectivity index (χ2n) is 4.78. The van der Waals surface area contributed by atoms with E-state index < -0.39 is 17.6 Å². The first-order valence-corrected chi connectivity index (χ1v) is 5.96. The molecule has 1 aromatic rings. The number of benzene rings is 1. The van der Waals surface area contributed by atoms with Gasteiger partial charge >= 0.3 is 6.18 Å². The predicted molar refractivity (Wildman–Crippen MR) is 68.6 cm³/mol. The van der Waals surface area contributed by atoms with Gasteiger partial charge in [0.2, 0.25) is 5.91 Å². The van der Waals surface area contributed by atoms with Gasteiger partial charge in [0.15, 0.2) is 0 Å². The minimum atomic E-state index is -4.55. The van der Waals surface area contributed by atoms with Gasteiger partial charge in [-0.3, -0.25) is 4.79 Å². The minimum Gasteiger partial charge on any atom is -0.399 e. The third-order valence-electron chi connectivity index (χ3n) is 2.57. The summed E-state index contributed by atoms with van der Waals surface area (Å²) in [6, 6.07) is 3.32. The molecule has 3 N–H and O–H groups in total. The number of nitrogen functional groups attached to an aromatic ring is 1. The van der Waals surface area contributed by atoms with Crippen molar-refractivity contribution in [1.82, 2.24) is 0 Å². The SMILES string of the molecule is CC(C)CCC(=O)Nc1ccc(N)cc1C(F)(F)F. The van der Waals surface area contributed by atoms with E-state index in [9.17, 15) is 18.0 Å². The normalized spacial score (nSPS) is 11.7. The molecule has 1 aromatic carbocycles. The summed E-state index contributed by atoms with van der Waals surface area (Å²) < 4.78 is 38.4. The van der Waals surface area contributed by atoms with Crippen LogP contribution >= 0.6 is 0 Å². The molecule has 0 saturated heterocycles. The van der Waals surface area contributed by atoms with Crippen molar-refractivity contribution in [3.8, 4) is 0 Å². The van der Waals surface area contributed by atoms with Crippen LogP contribution in [0.2, 0.25) is 0 Å². The molecule has 0 heterocycles. The number of hydrogen-bond donors (Lipinski definition) is 2. The monoisotopic (exact) mass is 274 g/mol. The Morgan fingerprint density at radius 1 is 1.37 bits per heavy atom. The second kappa shape index (κ2) is 5.95. The summed E-state index contributed by atoms with van der Waals surface area (Å²) in [5, 5.41) is 2.29. The number of carbonyl (C=O) groups is 1. The van der Waals surface area contributed by atoms with Crippen LogP contribution in [-0.4, -0.2) is 5.91 Å². The largest absolute Gasteiger partial charge is 0.418 e. The molecule has 0 saturated carbocycles. The molecule has 1 rings (SSSR count). The number of hydrogen-bond acceptors (Lipinski definition) is 2. The number of amides is 1. The maximum Gasteiger partial charge on any atom is 0.418 e. The summed E-state index contributed by atoms with van der Waals surface area (Å²) >= 11 is 0. The zero-order valence-corrected chi connectivity index (χ0v) is 10.8. The lowest BCUT2D eigenvalue weighted by atomic mass is 10.1. The molecule has 106 valence electrons. The second-order valence-corrected chi connectivity index (χ2v) is 4.78. The van der Waals surface area contributed by atoms with Gasteiger partial charge in [-0.2, -0.15) is 13.2 Å². The molecular formula is C13H17F3N2O. The van der Waals surface area contributed by atoms with Crippen molar-refractivity contribution in [1.29, 1.82) is 0 Å². The van der Waals surface area contributed by atoms with E-state index in [4.69, 9.17) is 5.73 Å². The Kier molecular flexibility index (Phi) is 4.80. The number of alkyl halides is 3. The number of carbonyl (C=O) groups excluding carboxylic acids is 1. The lowest BCUT2D eigenvalue weighted by Gasteiger charge is -2.14. The van der Waals surface area contributed by atoms with E-state index in [0.717, 1.165) is 6.07 Å². The molecule has 3 nitrogen and oxygen atoms in total. The van der Waals surface area contributed by atoms with Crippen LogP contribution in [0.4, 0.5) is 24.5 Å². The number of rotatable bonds is 4. The molecule has 1 amide bonds. The van der Waals surface area contributed by atoms with Crippen LogP contribution in [0.1, 0.15) is 32.3 Å². The van der Waals surface area contributed by atoms with Gasteiger partial charge in [0.25, 0.3) is 0 Å². The van der Waals surface area contributed by atoms with E-state index >= 15 is 0 Å². The minimum absolute atomic E-state index is 0.00695. The highest BCUT2D eigenvalue weighted by Crippen LogP contribution is 2.36. The Labute approximate surface area is 110 Å². The van der Waals surface area contributed by atoms with Gasteiger partial charge in [-0.05, 0) is 30.5 Å². The summed E-state index contributed by atoms with van der Waals surface area (Å²) in [4.78, 5) is 11.6. The van der Waals surface area contributed by atoms with Gasteiger partial charge in [0.05, 0.1) is 11.3 Å². The third kappa shape index (κ3) is 4.81. The maximum absolute atomic E-state index is 12.8. The van der Waals surface area contributed by atoms with E-state index in [0.29, 0.717) is 12.3 Å². The highest BCUT2D eigenvalue weighted by molar-refractivity contribution is 5.91. The van der Waals surface area contributed by atoms with Crippen LogP contribution in [-0.2, 0) is 11.0 Å². The summed E-state index contributed by atoms with van der Waals surface area (Å²) in [7, 11) is 0. The molecule has 0 aliphatic rings. The molecule has 0 radical (unpaired) electrons. The molecule has 0 unspecified atom stereocenters. The number of nitrogens with one attached hydrogen (secondary N) is 1. The maximum atomic E-state index is 12.8. The molecule has 0 spiro atoms. The first-order valence-electron chi connectivity index (χ1n) is 5.96. The standard InChI is InChI=1S/C13H17F3N2O/c1-8(2)3-6-12(19)18-11-5-4-9(17)7-10(11)13(14,15)16/h4-5,7-8H,3,6,17H2,1-2H3,(H,18,19). The van der Waals surface area contributed by atoms with Crippen LogP contribution in [0.3, 0.4) is 0 Å². The van der Waals surface area contributed by atoms with E-state index in [2.05, 4.69) is 5.32 Å². The highest BCUT2D eigenvalue weighted by atomic mass is 19.4. The molecule has 0 aromatic heterocycles. The van der Waals surface area contributed by atoms with E-state index in [1.54, 1.807) is 0 Å². The highest BCUT2D eigenvalue weighted by Gasteiger charge is 2.34. The van der Waals surface area contributed by atoms with Gasteiger partial charge in [-0.1, -0.05) is 13.8 Å². The average Bonchev–Trinajstić information content (AvgIpc) is 2.27. The van der Waals surface area contributed by atoms with Crippen molar-refractivity contribution in [3.05, 3.63) is 23.8 Å². The molecule has 6 heteroatoms. The van der Waals surface area contributed by atoms with Crippen molar-refractivity contribution >= 4 is 17.3 Å². The van der Waals surface area contributed by atoms with Gasteiger partial charge < -0.3 is 11.1 Å². The quantitative estimate of drug-likeness (QED) is 0.823. The van der Waals surface area contributed by atoms with Crippen LogP contribution in [0.25, 0.3) is 0 Å². The molecule has 0 aliphatic carbocycles. The van der Waals surface area contributed by atoms with Gasteiger partial charge in [-0.25, -0.2) is 0 Å². The van der Waals surface area contributed by atoms with Gasteiger partial charge in [-0.15, -0.1) is 0 Å². The molecule has 19 heavy (non-hydrogen) atoms. The first-order chi connectivity index (χ1) is 8.70. The van der Waals surface area contributed by atoms with E-state index in [1.165, 1.54) is 12.1 Å². The third-order valence-corrected chi connectivity index (χ3v) is 2.57. The summed E-state index contributed by atoms with van der Waals surface area (Å²) in [6.07, 6.45) is -3.72. The predicted octanol–water partition coefficient (Wildman–Crippen LogP) is 3.66. The van der Waals surface area contributed by atoms with Crippen molar-refractivity contribution in [2.24, 2.45) is 5.92 Å². The summed E-state index contributed by atoms with van der Waals surface area (Å²) in [5.74, 6) is -0.108. The Balaban J connectivity index is 2.86. The van der Waals surface area contributed by atoms with Crippen LogP contribution < -0.4 is 11.1 Å². The Morgan fingerprint density at radius 2 is 2.00 bits per heavy atom. The van der Waals surface area contributed by atoms with Crippen molar-refractivity contribution < 1.29 is 18.0 Å². The van der Waals surface area contributed by atoms with Crippen LogP contribution in [0, 0.1) is 5.92 Å². The zero-order chi connectivity index (χ0) is 14.6. The van der Waals surface area contributed by atoms with Crippen molar-refractivity contribution in [3.63, 3.8) is 0 Å². The molecule has 0 atom stereocenters. The van der Waals surface area contributed by atoms with Gasteiger partial charge in [0.1, 0.15) is 0 Å². The Hall–Kier alpha value is -1.72. The molecular weight excluding hydrogens is 257 g/mol. The molecule has 0 bridgehead atoms. The topological polar surface area (TPSA) is 55.1 Å². The average molecular weight is 274 g/mol. The van der Waals surface area contributed by atoms with Gasteiger partial charge in [0, 0.05) is 12.1 Å². The fraction of sp³-hybridized carbons (Fsp3) is 0.462. The zero-order valence-electron chi connectivity index (χ0n) is 10.8.